The summed E-state index contributed by atoms with van der Waals surface area (Å²) in [6, 6.07) is 10.4. The summed E-state index contributed by atoms with van der Waals surface area (Å²) in [5.41, 5.74) is 10.2. The Hall–Kier alpha value is -2.54. The largest absolute Gasteiger partial charge is 0.503 e. The van der Waals surface area contributed by atoms with Gasteiger partial charge in [0, 0.05) is 5.69 Å². The van der Waals surface area contributed by atoms with Gasteiger partial charge in [-0.3, -0.25) is 4.79 Å². The van der Waals surface area contributed by atoms with Gasteiger partial charge in [-0.05, 0) is 58.2 Å². The van der Waals surface area contributed by atoms with Crippen LogP contribution in [0.3, 0.4) is 0 Å². The minimum Gasteiger partial charge on any atom is -0.503 e. The topological polar surface area (TPSA) is 96.9 Å². The lowest BCUT2D eigenvalue weighted by Crippen LogP contribution is -2.19. The van der Waals surface area contributed by atoms with Gasteiger partial charge in [-0.1, -0.05) is 12.1 Å². The molecule has 0 aliphatic heterocycles. The molecule has 24 heavy (non-hydrogen) atoms. The molecule has 0 radical (unpaired) electrons. The van der Waals surface area contributed by atoms with E-state index in [1.165, 1.54) is 6.21 Å². The smallest absolute Gasteiger partial charge is 0.244 e. The van der Waals surface area contributed by atoms with E-state index in [9.17, 15) is 9.90 Å². The van der Waals surface area contributed by atoms with Crippen molar-refractivity contribution in [3.63, 3.8) is 0 Å². The Morgan fingerprint density at radius 1 is 1.38 bits per heavy atom. The SMILES string of the molecule is CCOc1cc(/C=N\NC(=O)Cc2ccc(N)cc2)cc(Br)c1O. The number of amides is 1. The molecule has 2 rings (SSSR count). The lowest BCUT2D eigenvalue weighted by Gasteiger charge is -2.08. The summed E-state index contributed by atoms with van der Waals surface area (Å²) in [7, 11) is 0. The molecule has 0 saturated heterocycles. The number of carbonyl (C=O) groups is 1. The Morgan fingerprint density at radius 3 is 2.75 bits per heavy atom. The highest BCUT2D eigenvalue weighted by Crippen LogP contribution is 2.34. The van der Waals surface area contributed by atoms with Crippen LogP contribution in [0.15, 0.2) is 46.0 Å². The second kappa shape index (κ2) is 8.35. The number of halogens is 1. The molecule has 0 aromatic heterocycles. The minimum absolute atomic E-state index is 0.0291. The Labute approximate surface area is 148 Å². The van der Waals surface area contributed by atoms with Crippen LogP contribution in [0.2, 0.25) is 0 Å². The molecule has 0 aliphatic carbocycles. The molecule has 2 aromatic rings. The van der Waals surface area contributed by atoms with Crippen molar-refractivity contribution in [2.24, 2.45) is 5.10 Å². The summed E-state index contributed by atoms with van der Waals surface area (Å²) in [5.74, 6) is 0.141. The fourth-order valence-corrected chi connectivity index (χ4v) is 2.43. The maximum Gasteiger partial charge on any atom is 0.244 e. The fraction of sp³-hybridized carbons (Fsp3) is 0.176. The molecule has 126 valence electrons. The average molecular weight is 392 g/mol. The molecule has 0 bridgehead atoms. The van der Waals surface area contributed by atoms with Crippen LogP contribution in [0.1, 0.15) is 18.1 Å². The van der Waals surface area contributed by atoms with Gasteiger partial charge in [0.1, 0.15) is 0 Å². The van der Waals surface area contributed by atoms with Gasteiger partial charge in [0.2, 0.25) is 5.91 Å². The number of rotatable bonds is 6. The number of nitrogens with zero attached hydrogens (tertiary/aromatic N) is 1. The van der Waals surface area contributed by atoms with Crippen molar-refractivity contribution in [3.8, 4) is 11.5 Å². The minimum atomic E-state index is -0.237. The van der Waals surface area contributed by atoms with Crippen molar-refractivity contribution in [2.45, 2.75) is 13.3 Å². The molecule has 1 amide bonds. The van der Waals surface area contributed by atoms with Gasteiger partial charge in [0.15, 0.2) is 11.5 Å². The summed E-state index contributed by atoms with van der Waals surface area (Å²) in [4.78, 5) is 11.8. The van der Waals surface area contributed by atoms with Gasteiger partial charge in [0.05, 0.1) is 23.7 Å². The molecule has 2 aromatic carbocycles. The molecule has 0 saturated carbocycles. The van der Waals surface area contributed by atoms with Crippen LogP contribution >= 0.6 is 15.9 Å². The second-order valence-corrected chi connectivity index (χ2v) is 5.85. The predicted molar refractivity (Wildman–Crippen MR) is 97.3 cm³/mol. The highest BCUT2D eigenvalue weighted by atomic mass is 79.9. The zero-order valence-corrected chi connectivity index (χ0v) is 14.7. The molecule has 0 heterocycles. The molecule has 0 atom stereocenters. The zero-order chi connectivity index (χ0) is 17.5. The number of anilines is 1. The highest BCUT2D eigenvalue weighted by Gasteiger charge is 2.08. The maximum atomic E-state index is 11.8. The number of nitrogen functional groups attached to an aromatic ring is 1. The average Bonchev–Trinajstić information content (AvgIpc) is 2.54. The van der Waals surface area contributed by atoms with E-state index in [1.54, 1.807) is 36.4 Å². The van der Waals surface area contributed by atoms with Crippen LogP contribution in [-0.4, -0.2) is 23.8 Å². The first-order valence-corrected chi connectivity index (χ1v) is 8.10. The van der Waals surface area contributed by atoms with Crippen LogP contribution in [0.5, 0.6) is 11.5 Å². The molecule has 6 nitrogen and oxygen atoms in total. The third kappa shape index (κ3) is 4.99. The van der Waals surface area contributed by atoms with Crippen LogP contribution in [0.25, 0.3) is 0 Å². The molecular weight excluding hydrogens is 374 g/mol. The number of phenols is 1. The normalized spacial score (nSPS) is 10.8. The Kier molecular flexibility index (Phi) is 6.20. The van der Waals surface area contributed by atoms with Gasteiger partial charge >= 0.3 is 0 Å². The van der Waals surface area contributed by atoms with Crippen molar-refractivity contribution in [2.75, 3.05) is 12.3 Å². The summed E-state index contributed by atoms with van der Waals surface area (Å²) in [6.45, 7) is 2.25. The van der Waals surface area contributed by atoms with Crippen molar-refractivity contribution in [1.82, 2.24) is 5.43 Å². The molecule has 0 aliphatic rings. The third-order valence-corrected chi connectivity index (χ3v) is 3.70. The Balaban J connectivity index is 1.98. The predicted octanol–water partition coefficient (Wildman–Crippen LogP) is 2.83. The number of aromatic hydroxyl groups is 1. The van der Waals surface area contributed by atoms with Gasteiger partial charge in [-0.2, -0.15) is 5.10 Å². The molecule has 4 N–H and O–H groups in total. The van der Waals surface area contributed by atoms with E-state index in [4.69, 9.17) is 10.5 Å². The summed E-state index contributed by atoms with van der Waals surface area (Å²) in [5, 5.41) is 13.8. The van der Waals surface area contributed by atoms with Crippen molar-refractivity contribution in [1.29, 1.82) is 0 Å². The number of hydrazone groups is 1. The maximum absolute atomic E-state index is 11.8. The number of hydrogen-bond acceptors (Lipinski definition) is 5. The van der Waals surface area contributed by atoms with E-state index >= 15 is 0 Å². The lowest BCUT2D eigenvalue weighted by molar-refractivity contribution is -0.120. The standard InChI is InChI=1S/C17H18BrN3O3/c1-2-24-15-8-12(7-14(18)17(15)23)10-20-21-16(22)9-11-3-5-13(19)6-4-11/h3-8,10,23H,2,9,19H2,1H3,(H,21,22)/b20-10-. The number of ether oxygens (including phenoxy) is 1. The number of hydrogen-bond donors (Lipinski definition) is 3. The van der Waals surface area contributed by atoms with E-state index in [-0.39, 0.29) is 18.1 Å². The number of phenolic OH excluding ortho intramolecular Hbond substituents is 1. The molecule has 0 spiro atoms. The van der Waals surface area contributed by atoms with Gasteiger partial charge in [0.25, 0.3) is 0 Å². The lowest BCUT2D eigenvalue weighted by atomic mass is 10.1. The monoisotopic (exact) mass is 391 g/mol. The van der Waals surface area contributed by atoms with Crippen molar-refractivity contribution in [3.05, 3.63) is 52.0 Å². The van der Waals surface area contributed by atoms with E-state index in [2.05, 4.69) is 26.5 Å². The van der Waals surface area contributed by atoms with Crippen molar-refractivity contribution >= 4 is 33.7 Å². The first-order valence-electron chi connectivity index (χ1n) is 7.31. The van der Waals surface area contributed by atoms with Crippen LogP contribution in [0, 0.1) is 0 Å². The number of nitrogens with two attached hydrogens (primary N) is 1. The van der Waals surface area contributed by atoms with Gasteiger partial charge in [-0.15, -0.1) is 0 Å². The molecule has 0 fully saturated rings. The first-order chi connectivity index (χ1) is 11.5. The highest BCUT2D eigenvalue weighted by molar-refractivity contribution is 9.10. The van der Waals surface area contributed by atoms with E-state index < -0.39 is 0 Å². The van der Waals surface area contributed by atoms with Gasteiger partial charge in [-0.25, -0.2) is 5.43 Å². The van der Waals surface area contributed by atoms with E-state index in [0.717, 1.165) is 5.56 Å². The van der Waals surface area contributed by atoms with Crippen LogP contribution in [0.4, 0.5) is 5.69 Å². The van der Waals surface area contributed by atoms with Crippen molar-refractivity contribution < 1.29 is 14.6 Å². The molecular formula is C17H18BrN3O3. The molecule has 7 heteroatoms. The van der Waals surface area contributed by atoms with Gasteiger partial charge < -0.3 is 15.6 Å². The Morgan fingerprint density at radius 2 is 2.08 bits per heavy atom. The number of carbonyl (C=O) groups excluding carboxylic acids is 1. The second-order valence-electron chi connectivity index (χ2n) is 4.99. The van der Waals surface area contributed by atoms with Crippen LogP contribution in [-0.2, 0) is 11.2 Å². The third-order valence-electron chi connectivity index (χ3n) is 3.10. The van der Waals surface area contributed by atoms with E-state index in [1.807, 2.05) is 6.92 Å². The zero-order valence-electron chi connectivity index (χ0n) is 13.1. The summed E-state index contributed by atoms with van der Waals surface area (Å²) >= 11 is 3.25. The quantitative estimate of drug-likeness (QED) is 0.400. The fourth-order valence-electron chi connectivity index (χ4n) is 1.97. The first kappa shape index (κ1) is 17.8. The van der Waals surface area contributed by atoms with E-state index in [0.29, 0.717) is 28.1 Å². The number of nitrogens with one attached hydrogen (secondary N) is 1. The summed E-state index contributed by atoms with van der Waals surface area (Å²) in [6.07, 6.45) is 1.69. The molecule has 0 unspecified atom stereocenters. The number of benzene rings is 2. The summed E-state index contributed by atoms with van der Waals surface area (Å²) < 4.78 is 5.82. The van der Waals surface area contributed by atoms with Crippen LogP contribution < -0.4 is 15.9 Å². The Bertz CT molecular complexity index is 745.